The van der Waals surface area contributed by atoms with E-state index >= 15 is 0 Å². The molecule has 96 valence electrons. The SMILES string of the molecule is CC(C)(C)NCC1CCCCC1c1ccco1. The third-order valence-corrected chi connectivity index (χ3v) is 3.71. The molecule has 1 saturated carbocycles. The summed E-state index contributed by atoms with van der Waals surface area (Å²) >= 11 is 0. The van der Waals surface area contributed by atoms with Crippen LogP contribution in [0.2, 0.25) is 0 Å². The van der Waals surface area contributed by atoms with Crippen LogP contribution in [0.4, 0.5) is 0 Å². The first-order valence-corrected chi connectivity index (χ1v) is 6.85. The Bertz CT molecular complexity index is 323. The second-order valence-electron chi connectivity index (χ2n) is 6.30. The van der Waals surface area contributed by atoms with Gasteiger partial charge in [-0.05, 0) is 58.2 Å². The van der Waals surface area contributed by atoms with Crippen LogP contribution in [0, 0.1) is 5.92 Å². The first kappa shape index (κ1) is 12.7. The first-order chi connectivity index (χ1) is 8.06. The summed E-state index contributed by atoms with van der Waals surface area (Å²) in [6.45, 7) is 7.81. The van der Waals surface area contributed by atoms with Crippen molar-refractivity contribution in [2.45, 2.75) is 57.9 Å². The molecule has 0 radical (unpaired) electrons. The van der Waals surface area contributed by atoms with Crippen LogP contribution in [0.3, 0.4) is 0 Å². The van der Waals surface area contributed by atoms with Gasteiger partial charge in [0.15, 0.2) is 0 Å². The van der Waals surface area contributed by atoms with Crippen LogP contribution < -0.4 is 5.32 Å². The molecule has 0 saturated heterocycles. The smallest absolute Gasteiger partial charge is 0.107 e. The van der Waals surface area contributed by atoms with Crippen LogP contribution in [0.15, 0.2) is 22.8 Å². The Morgan fingerprint density at radius 1 is 1.29 bits per heavy atom. The van der Waals surface area contributed by atoms with Crippen molar-refractivity contribution >= 4 is 0 Å². The molecule has 1 fully saturated rings. The zero-order valence-corrected chi connectivity index (χ0v) is 11.3. The van der Waals surface area contributed by atoms with Gasteiger partial charge in [-0.3, -0.25) is 0 Å². The van der Waals surface area contributed by atoms with Gasteiger partial charge in [0.1, 0.15) is 5.76 Å². The van der Waals surface area contributed by atoms with Gasteiger partial charge in [0.05, 0.1) is 6.26 Å². The van der Waals surface area contributed by atoms with Crippen LogP contribution in [0.5, 0.6) is 0 Å². The van der Waals surface area contributed by atoms with E-state index in [0.717, 1.165) is 12.5 Å². The molecule has 1 aliphatic carbocycles. The van der Waals surface area contributed by atoms with E-state index in [1.54, 1.807) is 6.26 Å². The summed E-state index contributed by atoms with van der Waals surface area (Å²) in [7, 11) is 0. The summed E-state index contributed by atoms with van der Waals surface area (Å²) in [5.74, 6) is 2.54. The highest BCUT2D eigenvalue weighted by molar-refractivity contribution is 5.08. The molecule has 0 amide bonds. The van der Waals surface area contributed by atoms with Gasteiger partial charge in [-0.2, -0.15) is 0 Å². The summed E-state index contributed by atoms with van der Waals surface area (Å²) in [5, 5.41) is 3.64. The maximum atomic E-state index is 5.61. The summed E-state index contributed by atoms with van der Waals surface area (Å²) in [5.41, 5.74) is 0.213. The third-order valence-electron chi connectivity index (χ3n) is 3.71. The fourth-order valence-corrected chi connectivity index (χ4v) is 2.77. The Kier molecular flexibility index (Phi) is 3.93. The average molecular weight is 235 g/mol. The van der Waals surface area contributed by atoms with Crippen molar-refractivity contribution < 1.29 is 4.42 Å². The molecule has 2 atom stereocenters. The first-order valence-electron chi connectivity index (χ1n) is 6.85. The van der Waals surface area contributed by atoms with Crippen LogP contribution in [0.1, 0.15) is 58.1 Å². The number of furan rings is 1. The maximum absolute atomic E-state index is 5.61. The number of hydrogen-bond acceptors (Lipinski definition) is 2. The highest BCUT2D eigenvalue weighted by atomic mass is 16.3. The minimum Gasteiger partial charge on any atom is -0.469 e. The molecule has 0 bridgehead atoms. The zero-order valence-electron chi connectivity index (χ0n) is 11.3. The van der Waals surface area contributed by atoms with Crippen molar-refractivity contribution in [2.75, 3.05) is 6.54 Å². The van der Waals surface area contributed by atoms with Gasteiger partial charge >= 0.3 is 0 Å². The van der Waals surface area contributed by atoms with E-state index in [0.29, 0.717) is 5.92 Å². The zero-order chi connectivity index (χ0) is 12.3. The molecular formula is C15H25NO. The predicted octanol–water partition coefficient (Wildman–Crippen LogP) is 3.94. The minimum absolute atomic E-state index is 0.213. The van der Waals surface area contributed by atoms with E-state index in [2.05, 4.69) is 32.2 Å². The van der Waals surface area contributed by atoms with Crippen molar-refractivity contribution in [3.63, 3.8) is 0 Å². The Morgan fingerprint density at radius 2 is 2.06 bits per heavy atom. The van der Waals surface area contributed by atoms with Gasteiger partial charge in [0.25, 0.3) is 0 Å². The highest BCUT2D eigenvalue weighted by Gasteiger charge is 2.28. The number of nitrogens with one attached hydrogen (secondary N) is 1. The van der Waals surface area contributed by atoms with Crippen molar-refractivity contribution in [3.8, 4) is 0 Å². The molecule has 2 nitrogen and oxygen atoms in total. The van der Waals surface area contributed by atoms with Crippen LogP contribution in [-0.2, 0) is 0 Å². The molecule has 0 aliphatic heterocycles. The van der Waals surface area contributed by atoms with Crippen molar-refractivity contribution in [3.05, 3.63) is 24.2 Å². The lowest BCUT2D eigenvalue weighted by Gasteiger charge is -2.33. The normalized spacial score (nSPS) is 26.1. The lowest BCUT2D eigenvalue weighted by molar-refractivity contribution is 0.245. The van der Waals surface area contributed by atoms with Crippen LogP contribution in [0.25, 0.3) is 0 Å². The summed E-state index contributed by atoms with van der Waals surface area (Å²) in [6, 6.07) is 4.15. The minimum atomic E-state index is 0.213. The largest absolute Gasteiger partial charge is 0.469 e. The van der Waals surface area contributed by atoms with E-state index in [9.17, 15) is 0 Å². The molecule has 0 spiro atoms. The molecule has 1 aromatic heterocycles. The van der Waals surface area contributed by atoms with E-state index in [-0.39, 0.29) is 5.54 Å². The molecule has 1 heterocycles. The van der Waals surface area contributed by atoms with E-state index in [1.165, 1.54) is 31.4 Å². The Balaban J connectivity index is 1.98. The van der Waals surface area contributed by atoms with Crippen molar-refractivity contribution in [2.24, 2.45) is 5.92 Å². The van der Waals surface area contributed by atoms with Gasteiger partial charge in [-0.25, -0.2) is 0 Å². The van der Waals surface area contributed by atoms with Crippen molar-refractivity contribution in [1.29, 1.82) is 0 Å². The monoisotopic (exact) mass is 235 g/mol. The molecule has 1 aliphatic rings. The molecule has 2 heteroatoms. The summed E-state index contributed by atoms with van der Waals surface area (Å²) in [6.07, 6.45) is 7.13. The molecule has 0 aromatic carbocycles. The molecule has 1 N–H and O–H groups in total. The lowest BCUT2D eigenvalue weighted by atomic mass is 9.77. The van der Waals surface area contributed by atoms with Gasteiger partial charge in [0.2, 0.25) is 0 Å². The Labute approximate surface area is 105 Å². The topological polar surface area (TPSA) is 25.2 Å². The molecule has 2 unspecified atom stereocenters. The summed E-state index contributed by atoms with van der Waals surface area (Å²) < 4.78 is 5.61. The second-order valence-corrected chi connectivity index (χ2v) is 6.30. The predicted molar refractivity (Wildman–Crippen MR) is 71.2 cm³/mol. The van der Waals surface area contributed by atoms with E-state index in [1.807, 2.05) is 6.07 Å². The number of hydrogen-bond donors (Lipinski definition) is 1. The fourth-order valence-electron chi connectivity index (χ4n) is 2.77. The highest BCUT2D eigenvalue weighted by Crippen LogP contribution is 2.37. The third kappa shape index (κ3) is 3.60. The number of rotatable bonds is 3. The van der Waals surface area contributed by atoms with Gasteiger partial charge < -0.3 is 9.73 Å². The average Bonchev–Trinajstić information content (AvgIpc) is 2.79. The van der Waals surface area contributed by atoms with Crippen LogP contribution >= 0.6 is 0 Å². The fraction of sp³-hybridized carbons (Fsp3) is 0.733. The molecular weight excluding hydrogens is 210 g/mol. The van der Waals surface area contributed by atoms with Gasteiger partial charge in [0, 0.05) is 11.5 Å². The Hall–Kier alpha value is -0.760. The second kappa shape index (κ2) is 5.26. The quantitative estimate of drug-likeness (QED) is 0.858. The van der Waals surface area contributed by atoms with E-state index < -0.39 is 0 Å². The molecule has 1 aromatic rings. The lowest BCUT2D eigenvalue weighted by Crippen LogP contribution is -2.41. The standard InChI is InChI=1S/C15H25NO/c1-15(2,3)16-11-12-7-4-5-8-13(12)14-9-6-10-17-14/h6,9-10,12-13,16H,4-5,7-8,11H2,1-3H3. The molecule has 2 rings (SSSR count). The van der Waals surface area contributed by atoms with Gasteiger partial charge in [-0.15, -0.1) is 0 Å². The van der Waals surface area contributed by atoms with Crippen LogP contribution in [-0.4, -0.2) is 12.1 Å². The molecule has 17 heavy (non-hydrogen) atoms. The van der Waals surface area contributed by atoms with Gasteiger partial charge in [-0.1, -0.05) is 12.8 Å². The Morgan fingerprint density at radius 3 is 2.71 bits per heavy atom. The summed E-state index contributed by atoms with van der Waals surface area (Å²) in [4.78, 5) is 0. The van der Waals surface area contributed by atoms with E-state index in [4.69, 9.17) is 4.42 Å². The van der Waals surface area contributed by atoms with Crippen molar-refractivity contribution in [1.82, 2.24) is 5.32 Å². The maximum Gasteiger partial charge on any atom is 0.107 e.